The number of hydrogen-bond donors (Lipinski definition) is 1. The van der Waals surface area contributed by atoms with Crippen molar-refractivity contribution in [2.24, 2.45) is 0 Å². The molecule has 1 heterocycles. The second-order valence-corrected chi connectivity index (χ2v) is 6.47. The van der Waals surface area contributed by atoms with Crippen LogP contribution in [0.1, 0.15) is 41.5 Å². The fraction of sp³-hybridized carbons (Fsp3) is 0.316. The normalized spacial score (nSPS) is 10.5. The maximum atomic E-state index is 14.2. The fourth-order valence-electron chi connectivity index (χ4n) is 2.49. The third kappa shape index (κ3) is 5.26. The molecule has 0 aliphatic rings. The number of esters is 1. The predicted octanol–water partition coefficient (Wildman–Crippen LogP) is 3.81. The first kappa shape index (κ1) is 20.8. The summed E-state index contributed by atoms with van der Waals surface area (Å²) in [7, 11) is 1.43. The van der Waals surface area contributed by atoms with Crippen molar-refractivity contribution in [2.75, 3.05) is 13.7 Å². The average molecular weight is 440 g/mol. The molecule has 0 radical (unpaired) electrons. The van der Waals surface area contributed by atoms with E-state index < -0.39 is 17.6 Å². The van der Waals surface area contributed by atoms with E-state index in [9.17, 15) is 19.1 Å². The lowest BCUT2D eigenvalue weighted by molar-refractivity contribution is -0.143. The number of carbonyl (C=O) groups is 2. The molecule has 0 bridgehead atoms. The van der Waals surface area contributed by atoms with E-state index in [-0.39, 0.29) is 47.3 Å². The molecule has 2 rings (SSSR count). The molecule has 1 aromatic heterocycles. The summed E-state index contributed by atoms with van der Waals surface area (Å²) in [6, 6.07) is 5.96. The van der Waals surface area contributed by atoms with Gasteiger partial charge in [-0.3, -0.25) is 9.59 Å². The first-order valence-corrected chi connectivity index (χ1v) is 9.05. The van der Waals surface area contributed by atoms with Gasteiger partial charge >= 0.3 is 5.97 Å². The van der Waals surface area contributed by atoms with Gasteiger partial charge < -0.3 is 14.6 Å². The van der Waals surface area contributed by atoms with Crippen molar-refractivity contribution in [1.82, 2.24) is 4.98 Å². The number of pyridine rings is 1. The molecular weight excluding hydrogens is 421 g/mol. The standard InChI is InChI=1S/C19H19BrFNO5/c1-3-27-17(24)8-7-15(23)18-19(25)13(20)10-11(22-18)9-12-14(21)5-4-6-16(12)26-2/h4-6,10,25H,3,7-9H2,1-2H3. The third-order valence-corrected chi connectivity index (χ3v) is 4.38. The van der Waals surface area contributed by atoms with Crippen molar-refractivity contribution in [1.29, 1.82) is 0 Å². The predicted molar refractivity (Wildman–Crippen MR) is 99.6 cm³/mol. The van der Waals surface area contributed by atoms with E-state index in [1.54, 1.807) is 13.0 Å². The van der Waals surface area contributed by atoms with Crippen molar-refractivity contribution in [3.63, 3.8) is 0 Å². The summed E-state index contributed by atoms with van der Waals surface area (Å²) in [5.41, 5.74) is 0.469. The zero-order valence-corrected chi connectivity index (χ0v) is 16.5. The van der Waals surface area contributed by atoms with Gasteiger partial charge in [-0.05, 0) is 41.1 Å². The summed E-state index contributed by atoms with van der Waals surface area (Å²) in [6.45, 7) is 1.90. The van der Waals surface area contributed by atoms with E-state index in [2.05, 4.69) is 20.9 Å². The molecule has 0 unspecified atom stereocenters. The Morgan fingerprint density at radius 1 is 1.30 bits per heavy atom. The van der Waals surface area contributed by atoms with Gasteiger partial charge in [-0.15, -0.1) is 0 Å². The van der Waals surface area contributed by atoms with Crippen molar-refractivity contribution in [2.45, 2.75) is 26.2 Å². The van der Waals surface area contributed by atoms with Crippen molar-refractivity contribution < 1.29 is 28.6 Å². The number of ketones is 1. The van der Waals surface area contributed by atoms with Gasteiger partial charge in [-0.25, -0.2) is 9.37 Å². The van der Waals surface area contributed by atoms with E-state index in [1.807, 2.05) is 0 Å². The minimum atomic E-state index is -0.511. The molecule has 0 atom stereocenters. The van der Waals surface area contributed by atoms with Gasteiger partial charge in [0.15, 0.2) is 11.5 Å². The van der Waals surface area contributed by atoms with E-state index in [4.69, 9.17) is 9.47 Å². The quantitative estimate of drug-likeness (QED) is 0.497. The summed E-state index contributed by atoms with van der Waals surface area (Å²) in [4.78, 5) is 28.0. The Morgan fingerprint density at radius 2 is 2.04 bits per heavy atom. The molecule has 144 valence electrons. The molecular formula is C19H19BrFNO5. The smallest absolute Gasteiger partial charge is 0.306 e. The zero-order chi connectivity index (χ0) is 20.0. The largest absolute Gasteiger partial charge is 0.504 e. The highest BCUT2D eigenvalue weighted by molar-refractivity contribution is 9.10. The van der Waals surface area contributed by atoms with Crippen molar-refractivity contribution in [3.8, 4) is 11.5 Å². The van der Waals surface area contributed by atoms with Crippen LogP contribution in [0, 0.1) is 5.82 Å². The van der Waals surface area contributed by atoms with Gasteiger partial charge in [0.1, 0.15) is 17.3 Å². The van der Waals surface area contributed by atoms with Crippen LogP contribution in [-0.2, 0) is 16.0 Å². The number of benzene rings is 1. The Bertz CT molecular complexity index is 856. The maximum Gasteiger partial charge on any atom is 0.306 e. The maximum absolute atomic E-state index is 14.2. The topological polar surface area (TPSA) is 85.7 Å². The van der Waals surface area contributed by atoms with Crippen molar-refractivity contribution >= 4 is 27.7 Å². The molecule has 0 fully saturated rings. The summed E-state index contributed by atoms with van der Waals surface area (Å²) in [5, 5.41) is 10.1. The number of nitrogens with zero attached hydrogens (tertiary/aromatic N) is 1. The van der Waals surface area contributed by atoms with E-state index in [0.29, 0.717) is 11.4 Å². The Morgan fingerprint density at radius 3 is 2.70 bits per heavy atom. The van der Waals surface area contributed by atoms with E-state index in [0.717, 1.165) is 0 Å². The van der Waals surface area contributed by atoms with Gasteiger partial charge in [0.25, 0.3) is 0 Å². The molecule has 6 nitrogen and oxygen atoms in total. The van der Waals surface area contributed by atoms with Crippen LogP contribution in [0.4, 0.5) is 4.39 Å². The molecule has 1 N–H and O–H groups in total. The van der Waals surface area contributed by atoms with Crippen LogP contribution in [0.15, 0.2) is 28.7 Å². The zero-order valence-electron chi connectivity index (χ0n) is 14.9. The lowest BCUT2D eigenvalue weighted by Gasteiger charge is -2.11. The number of aromatic nitrogens is 1. The summed E-state index contributed by atoms with van der Waals surface area (Å²) in [5.74, 6) is -1.44. The lowest BCUT2D eigenvalue weighted by atomic mass is 10.1. The van der Waals surface area contributed by atoms with Gasteiger partial charge in [-0.2, -0.15) is 0 Å². The number of ether oxygens (including phenoxy) is 2. The lowest BCUT2D eigenvalue weighted by Crippen LogP contribution is -2.11. The number of rotatable bonds is 8. The molecule has 0 aliphatic carbocycles. The highest BCUT2D eigenvalue weighted by atomic mass is 79.9. The number of carbonyl (C=O) groups excluding carboxylic acids is 2. The minimum absolute atomic E-state index is 0.0624. The Hall–Kier alpha value is -2.48. The number of aromatic hydroxyl groups is 1. The molecule has 8 heteroatoms. The van der Waals surface area contributed by atoms with E-state index >= 15 is 0 Å². The first-order chi connectivity index (χ1) is 12.9. The molecule has 0 saturated carbocycles. The summed E-state index contributed by atoms with van der Waals surface area (Å²) >= 11 is 3.18. The molecule has 2 aromatic rings. The highest BCUT2D eigenvalue weighted by Gasteiger charge is 2.20. The fourth-order valence-corrected chi connectivity index (χ4v) is 2.94. The number of Topliss-reactive ketones (excluding diaryl/α,β-unsaturated/α-hetero) is 1. The van der Waals surface area contributed by atoms with E-state index in [1.165, 1.54) is 25.3 Å². The molecule has 0 amide bonds. The summed E-state index contributed by atoms with van der Waals surface area (Å²) < 4.78 is 24.4. The molecule has 1 aromatic carbocycles. The van der Waals surface area contributed by atoms with Crippen LogP contribution in [0.3, 0.4) is 0 Å². The monoisotopic (exact) mass is 439 g/mol. The Balaban J connectivity index is 2.28. The minimum Gasteiger partial charge on any atom is -0.504 e. The second-order valence-electron chi connectivity index (χ2n) is 5.62. The Labute approximate surface area is 164 Å². The van der Waals surface area contributed by atoms with Crippen LogP contribution in [0.25, 0.3) is 0 Å². The Kier molecular flexibility index (Phi) is 7.29. The SMILES string of the molecule is CCOC(=O)CCC(=O)c1nc(Cc2c(F)cccc2OC)cc(Br)c1O. The average Bonchev–Trinajstić information content (AvgIpc) is 2.64. The van der Waals surface area contributed by atoms with Gasteiger partial charge in [0, 0.05) is 24.1 Å². The molecule has 27 heavy (non-hydrogen) atoms. The first-order valence-electron chi connectivity index (χ1n) is 8.25. The summed E-state index contributed by atoms with van der Waals surface area (Å²) in [6.07, 6.45) is -0.206. The molecule has 0 saturated heterocycles. The third-order valence-electron chi connectivity index (χ3n) is 3.78. The van der Waals surface area contributed by atoms with Crippen LogP contribution in [0.2, 0.25) is 0 Å². The van der Waals surface area contributed by atoms with Crippen LogP contribution in [-0.4, -0.2) is 35.6 Å². The van der Waals surface area contributed by atoms with Gasteiger partial charge in [-0.1, -0.05) is 6.07 Å². The highest BCUT2D eigenvalue weighted by Crippen LogP contribution is 2.31. The van der Waals surface area contributed by atoms with Gasteiger partial charge in [0.2, 0.25) is 0 Å². The second kappa shape index (κ2) is 9.45. The number of methoxy groups -OCH3 is 1. The molecule has 0 aliphatic heterocycles. The van der Waals surface area contributed by atoms with Crippen LogP contribution < -0.4 is 4.74 Å². The molecule has 0 spiro atoms. The van der Waals surface area contributed by atoms with Crippen molar-refractivity contribution in [3.05, 3.63) is 51.5 Å². The number of hydrogen-bond acceptors (Lipinski definition) is 6. The number of halogens is 2. The van der Waals surface area contributed by atoms with Crippen LogP contribution in [0.5, 0.6) is 11.5 Å². The van der Waals surface area contributed by atoms with Gasteiger partial charge in [0.05, 0.1) is 24.6 Å². The van der Waals surface area contributed by atoms with Crippen LogP contribution >= 0.6 is 15.9 Å².